The largest absolute Gasteiger partial charge is 0.462 e. The maximum absolute atomic E-state index is 12.9. The molecule has 0 heterocycles. The Morgan fingerprint density at radius 3 is 0.986 bits per heavy atom. The third kappa shape index (κ3) is 57.1. The molecule has 0 aromatic carbocycles. The normalized spacial score (nSPS) is 12.8. The minimum atomic E-state index is -0.823. The average Bonchev–Trinajstić information content (AvgIpc) is 3.37. The molecule has 6 nitrogen and oxygen atoms in total. The fraction of sp³-hybridized carbons (Fsp3) is 0.708. The zero-order valence-corrected chi connectivity index (χ0v) is 46.5. The van der Waals surface area contributed by atoms with Crippen LogP contribution in [0.25, 0.3) is 0 Å². The van der Waals surface area contributed by atoms with E-state index in [0.29, 0.717) is 12.8 Å². The number of allylic oxidation sites excluding steroid dienone is 15. The summed E-state index contributed by atoms with van der Waals surface area (Å²) in [5, 5.41) is 0. The van der Waals surface area contributed by atoms with Crippen LogP contribution >= 0.6 is 0 Å². The van der Waals surface area contributed by atoms with E-state index in [1.54, 1.807) is 6.08 Å². The summed E-state index contributed by atoms with van der Waals surface area (Å²) >= 11 is 0. The summed E-state index contributed by atoms with van der Waals surface area (Å²) in [7, 11) is 0. The van der Waals surface area contributed by atoms with Crippen LogP contribution in [-0.4, -0.2) is 37.2 Å². The summed E-state index contributed by atoms with van der Waals surface area (Å²) in [6, 6.07) is 0. The molecule has 1 unspecified atom stereocenters. The minimum absolute atomic E-state index is 0.113. The molecule has 0 saturated heterocycles. The van der Waals surface area contributed by atoms with Crippen LogP contribution in [0.5, 0.6) is 0 Å². The number of hydrogen-bond acceptors (Lipinski definition) is 6. The lowest BCUT2D eigenvalue weighted by atomic mass is 10.0. The van der Waals surface area contributed by atoms with Gasteiger partial charge in [-0.05, 0) is 83.5 Å². The number of carbonyl (C=O) groups excluding carboxylic acids is 3. The molecule has 71 heavy (non-hydrogen) atoms. The van der Waals surface area contributed by atoms with E-state index in [-0.39, 0.29) is 31.6 Å². The molecule has 0 aromatic heterocycles. The predicted molar refractivity (Wildman–Crippen MR) is 307 cm³/mol. The first-order valence-electron chi connectivity index (χ1n) is 29.7. The molecular weight excluding hydrogens is 877 g/mol. The molecule has 0 fully saturated rings. The molecule has 0 bridgehead atoms. The van der Waals surface area contributed by atoms with E-state index in [4.69, 9.17) is 14.2 Å². The molecule has 406 valence electrons. The van der Waals surface area contributed by atoms with Crippen molar-refractivity contribution in [3.63, 3.8) is 0 Å². The highest BCUT2D eigenvalue weighted by atomic mass is 16.6. The lowest BCUT2D eigenvalue weighted by molar-refractivity contribution is -0.166. The van der Waals surface area contributed by atoms with Gasteiger partial charge in [-0.1, -0.05) is 272 Å². The van der Waals surface area contributed by atoms with Crippen molar-refractivity contribution in [2.45, 2.75) is 284 Å². The first kappa shape index (κ1) is 67.3. The van der Waals surface area contributed by atoms with E-state index in [1.165, 1.54) is 141 Å². The third-order valence-electron chi connectivity index (χ3n) is 12.6. The molecule has 0 aromatic rings. The van der Waals surface area contributed by atoms with E-state index in [9.17, 15) is 14.4 Å². The second-order valence-electron chi connectivity index (χ2n) is 19.5. The first-order valence-corrected chi connectivity index (χ1v) is 29.7. The van der Waals surface area contributed by atoms with E-state index in [0.717, 1.165) is 96.3 Å². The standard InChI is InChI=1S/C65H110O6/c1-4-7-10-13-16-19-22-25-28-30-31-32-33-35-37-40-43-46-49-52-55-58-64(67)70-61-62(60-69-63(66)57-54-51-48-45-42-39-36-27-24-21-18-15-12-9-6-3)71-65(68)59-56-53-50-47-44-41-38-34-29-26-23-20-17-14-11-8-5-2/h9,12,18,21-22,25,27,30-31,33,35-36,42,45,51,54,62H,4-8,10-11,13-17,19-20,23-24,26,28-29,32,34,37-41,43-44,46-50,52-53,55-61H2,1-3H3/b12-9-,21-18-,25-22-,31-30-,35-33-,36-27-,45-42-,54-51-. The molecule has 0 radical (unpaired) electrons. The van der Waals surface area contributed by atoms with Crippen molar-refractivity contribution < 1.29 is 28.6 Å². The minimum Gasteiger partial charge on any atom is -0.462 e. The van der Waals surface area contributed by atoms with Crippen LogP contribution in [0.4, 0.5) is 0 Å². The molecule has 6 heteroatoms. The molecule has 0 N–H and O–H groups in total. The molecule has 0 saturated carbocycles. The van der Waals surface area contributed by atoms with Gasteiger partial charge in [-0.3, -0.25) is 14.4 Å². The monoisotopic (exact) mass is 987 g/mol. The van der Waals surface area contributed by atoms with Crippen LogP contribution in [0.2, 0.25) is 0 Å². The topological polar surface area (TPSA) is 78.9 Å². The SMILES string of the molecule is CC/C=C\C/C=C\C/C=C\C/C=C\C/C=C\CC(=O)OCC(COC(=O)CCCCCCCC/C=C\C/C=C\C/C=C\CCCCCCC)OC(=O)CCCCCCCCCCCCCCCCCCC. The summed E-state index contributed by atoms with van der Waals surface area (Å²) in [4.78, 5) is 38.1. The number of esters is 3. The predicted octanol–water partition coefficient (Wildman–Crippen LogP) is 20.1. The molecule has 0 amide bonds. The van der Waals surface area contributed by atoms with E-state index in [1.807, 2.05) is 6.08 Å². The van der Waals surface area contributed by atoms with Crippen molar-refractivity contribution in [1.29, 1.82) is 0 Å². The summed E-state index contributed by atoms with van der Waals surface area (Å²) < 4.78 is 16.8. The second kappa shape index (κ2) is 58.9. The van der Waals surface area contributed by atoms with E-state index < -0.39 is 12.1 Å². The average molecular weight is 988 g/mol. The summed E-state index contributed by atoms with van der Waals surface area (Å²) in [6.07, 6.45) is 78.5. The Balaban J connectivity index is 4.47. The zero-order valence-electron chi connectivity index (χ0n) is 46.5. The van der Waals surface area contributed by atoms with Crippen molar-refractivity contribution in [2.24, 2.45) is 0 Å². The number of unbranched alkanes of at least 4 members (excludes halogenated alkanes) is 27. The maximum Gasteiger partial charge on any atom is 0.309 e. The summed E-state index contributed by atoms with van der Waals surface area (Å²) in [5.74, 6) is -1.05. The van der Waals surface area contributed by atoms with Crippen LogP contribution in [0.1, 0.15) is 278 Å². The molecule has 0 rings (SSSR count). The van der Waals surface area contributed by atoms with Crippen LogP contribution in [0.15, 0.2) is 97.2 Å². The number of ether oxygens (including phenoxy) is 3. The highest BCUT2D eigenvalue weighted by Crippen LogP contribution is 2.16. The Labute approximate surface area is 438 Å². The van der Waals surface area contributed by atoms with Gasteiger partial charge in [0.25, 0.3) is 0 Å². The quantitative estimate of drug-likeness (QED) is 0.0261. The van der Waals surface area contributed by atoms with Gasteiger partial charge in [-0.15, -0.1) is 0 Å². The number of hydrogen-bond donors (Lipinski definition) is 0. The lowest BCUT2D eigenvalue weighted by Gasteiger charge is -2.18. The Bertz CT molecular complexity index is 1410. The summed E-state index contributed by atoms with van der Waals surface area (Å²) in [5.41, 5.74) is 0. The van der Waals surface area contributed by atoms with E-state index >= 15 is 0 Å². The highest BCUT2D eigenvalue weighted by molar-refractivity contribution is 5.72. The Morgan fingerprint density at radius 1 is 0.310 bits per heavy atom. The number of carbonyl (C=O) groups is 3. The fourth-order valence-corrected chi connectivity index (χ4v) is 8.17. The summed E-state index contributed by atoms with van der Waals surface area (Å²) in [6.45, 7) is 6.44. The van der Waals surface area contributed by atoms with Crippen LogP contribution in [0.3, 0.4) is 0 Å². The molecule has 0 aliphatic carbocycles. The van der Waals surface area contributed by atoms with Gasteiger partial charge in [-0.2, -0.15) is 0 Å². The van der Waals surface area contributed by atoms with Crippen molar-refractivity contribution in [3.8, 4) is 0 Å². The number of rotatable bonds is 53. The van der Waals surface area contributed by atoms with Crippen LogP contribution in [0, 0.1) is 0 Å². The molecule has 0 aliphatic heterocycles. The second-order valence-corrected chi connectivity index (χ2v) is 19.5. The van der Waals surface area contributed by atoms with Gasteiger partial charge in [0.1, 0.15) is 13.2 Å². The first-order chi connectivity index (χ1) is 35.0. The third-order valence-corrected chi connectivity index (χ3v) is 12.6. The van der Waals surface area contributed by atoms with Crippen molar-refractivity contribution >= 4 is 17.9 Å². The lowest BCUT2D eigenvalue weighted by Crippen LogP contribution is -2.30. The zero-order chi connectivity index (χ0) is 51.4. The fourth-order valence-electron chi connectivity index (χ4n) is 8.17. The maximum atomic E-state index is 12.9. The molecule has 0 spiro atoms. The molecule has 0 aliphatic rings. The van der Waals surface area contributed by atoms with Gasteiger partial charge in [-0.25, -0.2) is 0 Å². The van der Waals surface area contributed by atoms with Crippen LogP contribution < -0.4 is 0 Å². The molecular formula is C65H110O6. The van der Waals surface area contributed by atoms with Gasteiger partial charge in [0, 0.05) is 12.8 Å². The smallest absolute Gasteiger partial charge is 0.309 e. The highest BCUT2D eigenvalue weighted by Gasteiger charge is 2.19. The Morgan fingerprint density at radius 2 is 0.606 bits per heavy atom. The van der Waals surface area contributed by atoms with Gasteiger partial charge < -0.3 is 14.2 Å². The van der Waals surface area contributed by atoms with Gasteiger partial charge in [0.15, 0.2) is 6.10 Å². The van der Waals surface area contributed by atoms with E-state index in [2.05, 4.69) is 106 Å². The van der Waals surface area contributed by atoms with Crippen molar-refractivity contribution in [2.75, 3.05) is 13.2 Å². The van der Waals surface area contributed by atoms with Crippen LogP contribution in [-0.2, 0) is 28.6 Å². The Hall–Kier alpha value is -3.67. The van der Waals surface area contributed by atoms with Gasteiger partial charge >= 0.3 is 17.9 Å². The van der Waals surface area contributed by atoms with Gasteiger partial charge in [0.2, 0.25) is 0 Å². The molecule has 1 atom stereocenters. The van der Waals surface area contributed by atoms with Crippen molar-refractivity contribution in [3.05, 3.63) is 97.2 Å². The van der Waals surface area contributed by atoms with Crippen molar-refractivity contribution in [1.82, 2.24) is 0 Å². The van der Waals surface area contributed by atoms with Gasteiger partial charge in [0.05, 0.1) is 6.42 Å². The Kier molecular flexibility index (Phi) is 55.9.